The van der Waals surface area contributed by atoms with Gasteiger partial charge in [-0.25, -0.2) is 0 Å². The van der Waals surface area contributed by atoms with Crippen molar-refractivity contribution in [2.24, 2.45) is 5.73 Å². The lowest BCUT2D eigenvalue weighted by atomic mass is 10.2. The molecule has 0 saturated heterocycles. The fourth-order valence-corrected chi connectivity index (χ4v) is 1.58. The maximum atomic E-state index is 9.53. The summed E-state index contributed by atoms with van der Waals surface area (Å²) in [6, 6.07) is 0. The van der Waals surface area contributed by atoms with E-state index in [1.807, 2.05) is 0 Å². The van der Waals surface area contributed by atoms with E-state index in [0.29, 0.717) is 29.8 Å². The zero-order valence-corrected chi connectivity index (χ0v) is 9.83. The van der Waals surface area contributed by atoms with Crippen LogP contribution in [0.15, 0.2) is 4.52 Å². The molecule has 3 N–H and O–H groups in total. The van der Waals surface area contributed by atoms with Gasteiger partial charge in [-0.05, 0) is 18.2 Å². The average Bonchev–Trinajstić information content (AvgIpc) is 2.63. The molecule has 0 fully saturated rings. The van der Waals surface area contributed by atoms with Crippen molar-refractivity contribution >= 4 is 11.8 Å². The fourth-order valence-electron chi connectivity index (χ4n) is 0.984. The van der Waals surface area contributed by atoms with Crippen molar-refractivity contribution in [2.75, 3.05) is 6.54 Å². The molecule has 1 heterocycles. The molecule has 1 rings (SSSR count). The molecule has 5 nitrogen and oxygen atoms in total. The molecule has 1 aromatic heterocycles. The summed E-state index contributed by atoms with van der Waals surface area (Å²) in [5.74, 6) is 1.59. The SMILES string of the molecule is CC(C)SCc1noc([C@@H](O)CCN)n1. The summed E-state index contributed by atoms with van der Waals surface area (Å²) in [5.41, 5.74) is 5.32. The van der Waals surface area contributed by atoms with Crippen LogP contribution in [0.25, 0.3) is 0 Å². The predicted octanol–water partition coefficient (Wildman–Crippen LogP) is 1.09. The molecule has 0 aliphatic carbocycles. The average molecular weight is 231 g/mol. The number of hydrogen-bond donors (Lipinski definition) is 2. The van der Waals surface area contributed by atoms with E-state index in [-0.39, 0.29) is 5.89 Å². The second-order valence-corrected chi connectivity index (χ2v) is 5.07. The lowest BCUT2D eigenvalue weighted by Gasteiger charge is -2.01. The minimum atomic E-state index is -0.736. The highest BCUT2D eigenvalue weighted by atomic mass is 32.2. The number of nitrogens with two attached hydrogens (primary N) is 1. The van der Waals surface area contributed by atoms with Gasteiger partial charge < -0.3 is 15.4 Å². The van der Waals surface area contributed by atoms with E-state index >= 15 is 0 Å². The maximum absolute atomic E-state index is 9.53. The molecule has 0 amide bonds. The van der Waals surface area contributed by atoms with Crippen LogP contribution in [0.1, 0.15) is 38.1 Å². The highest BCUT2D eigenvalue weighted by molar-refractivity contribution is 7.99. The molecule has 1 aromatic rings. The molecule has 0 saturated carbocycles. The molecule has 15 heavy (non-hydrogen) atoms. The Bertz CT molecular complexity index is 291. The van der Waals surface area contributed by atoms with Crippen molar-refractivity contribution in [3.05, 3.63) is 11.7 Å². The Labute approximate surface area is 93.4 Å². The van der Waals surface area contributed by atoms with E-state index in [2.05, 4.69) is 24.0 Å². The second kappa shape index (κ2) is 6.09. The van der Waals surface area contributed by atoms with Crippen LogP contribution in [-0.2, 0) is 5.75 Å². The van der Waals surface area contributed by atoms with Gasteiger partial charge in [-0.1, -0.05) is 19.0 Å². The summed E-state index contributed by atoms with van der Waals surface area (Å²) >= 11 is 1.73. The number of aromatic nitrogens is 2. The largest absolute Gasteiger partial charge is 0.383 e. The molecule has 0 aromatic carbocycles. The lowest BCUT2D eigenvalue weighted by molar-refractivity contribution is 0.127. The number of aliphatic hydroxyl groups excluding tert-OH is 1. The molecule has 0 unspecified atom stereocenters. The van der Waals surface area contributed by atoms with Crippen molar-refractivity contribution in [1.29, 1.82) is 0 Å². The normalized spacial score (nSPS) is 13.4. The van der Waals surface area contributed by atoms with Crippen LogP contribution in [0.3, 0.4) is 0 Å². The van der Waals surface area contributed by atoms with Gasteiger partial charge in [0.15, 0.2) is 5.82 Å². The third-order valence-electron chi connectivity index (χ3n) is 1.75. The minimum absolute atomic E-state index is 0.264. The van der Waals surface area contributed by atoms with Crippen LogP contribution in [0.2, 0.25) is 0 Å². The van der Waals surface area contributed by atoms with Gasteiger partial charge in [0, 0.05) is 0 Å². The van der Waals surface area contributed by atoms with Crippen molar-refractivity contribution in [2.45, 2.75) is 37.4 Å². The molecule has 0 spiro atoms. The van der Waals surface area contributed by atoms with Crippen molar-refractivity contribution < 1.29 is 9.63 Å². The van der Waals surface area contributed by atoms with Crippen LogP contribution in [0, 0.1) is 0 Å². The quantitative estimate of drug-likeness (QED) is 0.762. The summed E-state index contributed by atoms with van der Waals surface area (Å²) < 4.78 is 4.93. The summed E-state index contributed by atoms with van der Waals surface area (Å²) in [4.78, 5) is 4.10. The molecule has 86 valence electrons. The monoisotopic (exact) mass is 231 g/mol. The summed E-state index contributed by atoms with van der Waals surface area (Å²) in [6.07, 6.45) is -0.292. The molecule has 0 radical (unpaired) electrons. The number of aliphatic hydroxyl groups is 1. The highest BCUT2D eigenvalue weighted by Gasteiger charge is 2.15. The Morgan fingerprint density at radius 2 is 2.27 bits per heavy atom. The van der Waals surface area contributed by atoms with E-state index in [9.17, 15) is 5.11 Å². The van der Waals surface area contributed by atoms with E-state index in [1.54, 1.807) is 11.8 Å². The Kier molecular flexibility index (Phi) is 5.07. The first-order chi connectivity index (χ1) is 7.13. The van der Waals surface area contributed by atoms with Gasteiger partial charge in [0.2, 0.25) is 0 Å². The van der Waals surface area contributed by atoms with Gasteiger partial charge in [-0.2, -0.15) is 16.7 Å². The Hall–Kier alpha value is -0.590. The third-order valence-corrected chi connectivity index (χ3v) is 2.85. The Balaban J connectivity index is 2.48. The summed E-state index contributed by atoms with van der Waals surface area (Å²) in [6.45, 7) is 4.61. The Morgan fingerprint density at radius 3 is 2.87 bits per heavy atom. The maximum Gasteiger partial charge on any atom is 0.255 e. The van der Waals surface area contributed by atoms with Gasteiger partial charge in [-0.3, -0.25) is 0 Å². The van der Waals surface area contributed by atoms with E-state index < -0.39 is 6.10 Å². The van der Waals surface area contributed by atoms with Crippen molar-refractivity contribution in [3.8, 4) is 0 Å². The zero-order chi connectivity index (χ0) is 11.3. The molecular weight excluding hydrogens is 214 g/mol. The predicted molar refractivity (Wildman–Crippen MR) is 59.4 cm³/mol. The first kappa shape index (κ1) is 12.5. The molecule has 1 atom stereocenters. The van der Waals surface area contributed by atoms with E-state index in [0.717, 1.165) is 0 Å². The first-order valence-corrected chi connectivity index (χ1v) is 6.00. The first-order valence-electron chi connectivity index (χ1n) is 4.95. The van der Waals surface area contributed by atoms with E-state index in [4.69, 9.17) is 10.3 Å². The van der Waals surface area contributed by atoms with Crippen LogP contribution < -0.4 is 5.73 Å². The molecule has 0 aliphatic rings. The van der Waals surface area contributed by atoms with Crippen LogP contribution in [0.5, 0.6) is 0 Å². The van der Waals surface area contributed by atoms with Gasteiger partial charge >= 0.3 is 0 Å². The van der Waals surface area contributed by atoms with Gasteiger partial charge in [0.25, 0.3) is 5.89 Å². The molecular formula is C9H17N3O2S. The Morgan fingerprint density at radius 1 is 1.53 bits per heavy atom. The van der Waals surface area contributed by atoms with Gasteiger partial charge in [0.05, 0.1) is 5.75 Å². The summed E-state index contributed by atoms with van der Waals surface area (Å²) in [5, 5.41) is 13.8. The van der Waals surface area contributed by atoms with Crippen LogP contribution in [-0.4, -0.2) is 27.0 Å². The number of nitrogens with zero attached hydrogens (tertiary/aromatic N) is 2. The number of thioether (sulfide) groups is 1. The number of hydrogen-bond acceptors (Lipinski definition) is 6. The topological polar surface area (TPSA) is 85.2 Å². The smallest absolute Gasteiger partial charge is 0.255 e. The minimum Gasteiger partial charge on any atom is -0.383 e. The summed E-state index contributed by atoms with van der Waals surface area (Å²) in [7, 11) is 0. The van der Waals surface area contributed by atoms with E-state index in [1.165, 1.54) is 0 Å². The second-order valence-electron chi connectivity index (χ2n) is 3.50. The fraction of sp³-hybridized carbons (Fsp3) is 0.778. The van der Waals surface area contributed by atoms with Crippen LogP contribution >= 0.6 is 11.8 Å². The van der Waals surface area contributed by atoms with Crippen molar-refractivity contribution in [1.82, 2.24) is 10.1 Å². The molecule has 0 bridgehead atoms. The third kappa shape index (κ3) is 4.19. The van der Waals surface area contributed by atoms with Crippen LogP contribution in [0.4, 0.5) is 0 Å². The standard InChI is InChI=1S/C9H17N3O2S/c1-6(2)15-5-8-11-9(14-12-8)7(13)3-4-10/h6-7,13H,3-5,10H2,1-2H3/t7-/m0/s1. The molecule has 0 aliphatic heterocycles. The molecule has 6 heteroatoms. The zero-order valence-electron chi connectivity index (χ0n) is 9.01. The van der Waals surface area contributed by atoms with Gasteiger partial charge in [-0.15, -0.1) is 0 Å². The lowest BCUT2D eigenvalue weighted by Crippen LogP contribution is -2.07. The number of rotatable bonds is 6. The highest BCUT2D eigenvalue weighted by Crippen LogP contribution is 2.18. The van der Waals surface area contributed by atoms with Crippen molar-refractivity contribution in [3.63, 3.8) is 0 Å². The van der Waals surface area contributed by atoms with Gasteiger partial charge in [0.1, 0.15) is 6.10 Å².